The average molecular weight is 121 g/mol. The van der Waals surface area contributed by atoms with Crippen LogP contribution in [0.3, 0.4) is 0 Å². The third kappa shape index (κ3) is 0.561. The van der Waals surface area contributed by atoms with E-state index in [0.29, 0.717) is 5.78 Å². The lowest BCUT2D eigenvalue weighted by Gasteiger charge is -1.84. The molecule has 0 saturated heterocycles. The van der Waals surface area contributed by atoms with Crippen molar-refractivity contribution in [1.29, 1.82) is 0 Å². The van der Waals surface area contributed by atoms with Gasteiger partial charge in [-0.2, -0.15) is 0 Å². The van der Waals surface area contributed by atoms with Gasteiger partial charge in [-0.05, 0) is 0 Å². The highest BCUT2D eigenvalue weighted by Gasteiger charge is 1.88. The van der Waals surface area contributed by atoms with Crippen molar-refractivity contribution in [1.82, 2.24) is 19.4 Å². The Hall–Kier alpha value is -1.45. The fourth-order valence-corrected chi connectivity index (χ4v) is 0.643. The van der Waals surface area contributed by atoms with Gasteiger partial charge in [0.05, 0.1) is 0 Å². The molecule has 4 nitrogen and oxygen atoms in total. The fraction of sp³-hybridized carbons (Fsp3) is 0. The number of fused-ring (bicyclic) bond motifs is 1. The Balaban J connectivity index is 2.86. The van der Waals surface area contributed by atoms with Crippen LogP contribution in [-0.4, -0.2) is 19.4 Å². The highest BCUT2D eigenvalue weighted by Crippen LogP contribution is 1.89. The number of nitrogens with zero attached hydrogens (tertiary/aromatic N) is 4. The number of aromatic nitrogens is 4. The molecule has 0 aromatic carbocycles. The molecule has 0 atom stereocenters. The van der Waals surface area contributed by atoms with Crippen molar-refractivity contribution in [2.75, 3.05) is 0 Å². The number of hydrogen-bond donors (Lipinski definition) is 0. The molecule has 0 bridgehead atoms. The Morgan fingerprint density at radius 1 is 1.56 bits per heavy atom. The minimum absolute atomic E-state index is 0.00120. The van der Waals surface area contributed by atoms with Crippen molar-refractivity contribution in [2.24, 2.45) is 0 Å². The minimum Gasteiger partial charge on any atom is -0.274 e. The van der Waals surface area contributed by atoms with Crippen LogP contribution in [-0.2, 0) is 0 Å². The normalized spacial score (nSPS) is 11.8. The Morgan fingerprint density at radius 3 is 3.56 bits per heavy atom. The monoisotopic (exact) mass is 121 g/mol. The maximum Gasteiger partial charge on any atom is 0.236 e. The second kappa shape index (κ2) is 1.51. The molecule has 0 amide bonds. The lowest BCUT2D eigenvalue weighted by atomic mass is 10.9. The van der Waals surface area contributed by atoms with E-state index in [1.165, 1.54) is 6.33 Å². The second-order valence-corrected chi connectivity index (χ2v) is 1.59. The average Bonchev–Trinajstić information content (AvgIpc) is 2.33. The summed E-state index contributed by atoms with van der Waals surface area (Å²) < 4.78 is 8.69. The first kappa shape index (κ1) is 3.55. The predicted molar refractivity (Wildman–Crippen MR) is 30.8 cm³/mol. The molecule has 9 heavy (non-hydrogen) atoms. The van der Waals surface area contributed by atoms with Gasteiger partial charge in [-0.15, -0.1) is 0 Å². The van der Waals surface area contributed by atoms with Crippen LogP contribution >= 0.6 is 0 Å². The molecule has 0 radical (unpaired) electrons. The van der Waals surface area contributed by atoms with Gasteiger partial charge in [0.1, 0.15) is 14.0 Å². The molecule has 0 spiro atoms. The van der Waals surface area contributed by atoms with Crippen molar-refractivity contribution in [3.05, 3.63) is 25.0 Å². The standard InChI is InChI=1S/C5H4N4/c1-2-9-4-6-3-8-5(9)7-1/h1-4H/i3D. The quantitative estimate of drug-likeness (QED) is 0.497. The molecule has 2 aromatic heterocycles. The van der Waals surface area contributed by atoms with Gasteiger partial charge in [0.2, 0.25) is 5.78 Å². The van der Waals surface area contributed by atoms with Crippen LogP contribution in [0.4, 0.5) is 0 Å². The summed E-state index contributed by atoms with van der Waals surface area (Å²) in [7, 11) is 0. The van der Waals surface area contributed by atoms with E-state index in [-0.39, 0.29) is 6.30 Å². The van der Waals surface area contributed by atoms with E-state index in [2.05, 4.69) is 15.0 Å². The van der Waals surface area contributed by atoms with Crippen LogP contribution < -0.4 is 0 Å². The summed E-state index contributed by atoms with van der Waals surface area (Å²) in [5, 5.41) is 0. The molecule has 2 aromatic rings. The van der Waals surface area contributed by atoms with Crippen molar-refractivity contribution in [3.8, 4) is 0 Å². The summed E-state index contributed by atoms with van der Waals surface area (Å²) in [6.45, 7) is 0. The van der Waals surface area contributed by atoms with Gasteiger partial charge in [-0.3, -0.25) is 4.40 Å². The van der Waals surface area contributed by atoms with Crippen molar-refractivity contribution >= 4 is 5.78 Å². The topological polar surface area (TPSA) is 43.1 Å². The zero-order valence-electron chi connectivity index (χ0n) is 5.52. The van der Waals surface area contributed by atoms with Gasteiger partial charge in [-0.25, -0.2) is 15.0 Å². The molecule has 44 valence electrons. The largest absolute Gasteiger partial charge is 0.274 e. The summed E-state index contributed by atoms with van der Waals surface area (Å²) in [5.41, 5.74) is 0. The zero-order chi connectivity index (χ0) is 6.97. The molecular weight excluding hydrogens is 116 g/mol. The van der Waals surface area contributed by atoms with Gasteiger partial charge >= 0.3 is 0 Å². The van der Waals surface area contributed by atoms with Crippen LogP contribution in [0.1, 0.15) is 1.37 Å². The molecule has 0 fully saturated rings. The van der Waals surface area contributed by atoms with Crippen molar-refractivity contribution < 1.29 is 1.37 Å². The second-order valence-electron chi connectivity index (χ2n) is 1.59. The van der Waals surface area contributed by atoms with E-state index >= 15 is 0 Å². The molecule has 0 aliphatic heterocycles. The maximum atomic E-state index is 7.04. The third-order valence-corrected chi connectivity index (χ3v) is 1.04. The van der Waals surface area contributed by atoms with Gasteiger partial charge in [0.15, 0.2) is 0 Å². The fourth-order valence-electron chi connectivity index (χ4n) is 0.643. The maximum absolute atomic E-state index is 7.04. The highest BCUT2D eigenvalue weighted by molar-refractivity contribution is 5.23. The molecule has 4 heteroatoms. The number of imidazole rings is 1. The molecule has 2 heterocycles. The lowest BCUT2D eigenvalue weighted by molar-refractivity contribution is 1.01. The Kier molecular flexibility index (Phi) is 0.597. The van der Waals surface area contributed by atoms with E-state index < -0.39 is 0 Å². The third-order valence-electron chi connectivity index (χ3n) is 1.04. The molecule has 2 rings (SSSR count). The first-order chi connectivity index (χ1) is 4.86. The zero-order valence-corrected chi connectivity index (χ0v) is 4.52. The van der Waals surface area contributed by atoms with E-state index in [0.717, 1.165) is 0 Å². The molecule has 0 unspecified atom stereocenters. The summed E-state index contributed by atoms with van der Waals surface area (Å²) in [4.78, 5) is 11.3. The Morgan fingerprint density at radius 2 is 2.56 bits per heavy atom. The van der Waals surface area contributed by atoms with Crippen LogP contribution in [0, 0.1) is 0 Å². The van der Waals surface area contributed by atoms with E-state index in [4.69, 9.17) is 1.37 Å². The molecule has 0 aliphatic rings. The summed E-state index contributed by atoms with van der Waals surface area (Å²) in [6, 6.07) is 0. The van der Waals surface area contributed by atoms with Gasteiger partial charge in [0.25, 0.3) is 0 Å². The van der Waals surface area contributed by atoms with Crippen LogP contribution in [0.15, 0.2) is 25.0 Å². The van der Waals surface area contributed by atoms with Crippen LogP contribution in [0.5, 0.6) is 0 Å². The first-order valence-electron chi connectivity index (χ1n) is 2.98. The van der Waals surface area contributed by atoms with Crippen molar-refractivity contribution in [2.45, 2.75) is 0 Å². The summed E-state index contributed by atoms with van der Waals surface area (Å²) >= 11 is 0. The lowest BCUT2D eigenvalue weighted by Crippen LogP contribution is -1.86. The Labute approximate surface area is 52.6 Å². The van der Waals surface area contributed by atoms with E-state index in [1.807, 2.05) is 0 Å². The molecular formula is C5H4N4. The van der Waals surface area contributed by atoms with Gasteiger partial charge in [-0.1, -0.05) is 0 Å². The van der Waals surface area contributed by atoms with Gasteiger partial charge < -0.3 is 0 Å². The Bertz CT molecular complexity index is 355. The molecule has 0 N–H and O–H groups in total. The smallest absolute Gasteiger partial charge is 0.236 e. The number of rotatable bonds is 0. The summed E-state index contributed by atoms with van der Waals surface area (Å²) in [6.07, 6.45) is 4.86. The minimum atomic E-state index is -0.00120. The molecule has 0 saturated carbocycles. The predicted octanol–water partition coefficient (Wildman–Crippen LogP) is 0.124. The van der Waals surface area contributed by atoms with Crippen LogP contribution in [0.25, 0.3) is 5.78 Å². The van der Waals surface area contributed by atoms with Crippen molar-refractivity contribution in [3.63, 3.8) is 0 Å². The van der Waals surface area contributed by atoms with Gasteiger partial charge in [0, 0.05) is 12.4 Å². The first-order valence-corrected chi connectivity index (χ1v) is 2.48. The van der Waals surface area contributed by atoms with E-state index in [1.54, 1.807) is 16.8 Å². The SMILES string of the molecule is [2H]c1ncn2ccnc2n1. The van der Waals surface area contributed by atoms with E-state index in [9.17, 15) is 0 Å². The highest BCUT2D eigenvalue weighted by atomic mass is 15.1. The molecule has 0 aliphatic carbocycles. The van der Waals surface area contributed by atoms with Crippen LogP contribution in [0.2, 0.25) is 0 Å². The number of hydrogen-bond acceptors (Lipinski definition) is 3. The summed E-state index contributed by atoms with van der Waals surface area (Å²) in [5.74, 6) is 0.514.